The number of unbranched alkanes of at least 4 members (excludes halogenated alkanes) is 19. The second-order valence-electron chi connectivity index (χ2n) is 18.4. The molecule has 362 valence electrons. The van der Waals surface area contributed by atoms with Gasteiger partial charge in [0.1, 0.15) is 0 Å². The summed E-state index contributed by atoms with van der Waals surface area (Å²) in [7, 11) is 0. The van der Waals surface area contributed by atoms with Gasteiger partial charge in [-0.05, 0) is 103 Å². The molecule has 5 heteroatoms. The number of aliphatic imine (C=N–C) groups is 2. The molecule has 64 heavy (non-hydrogen) atoms. The van der Waals surface area contributed by atoms with E-state index in [-0.39, 0.29) is 28.0 Å². The Labute approximate surface area is 405 Å². The molecule has 0 atom stereocenters. The third kappa shape index (κ3) is 25.7. The zero-order valence-corrected chi connectivity index (χ0v) is 43.3. The Balaban J connectivity index is 0.00000125. The van der Waals surface area contributed by atoms with E-state index in [4.69, 9.17) is 9.98 Å². The van der Waals surface area contributed by atoms with Gasteiger partial charge in [0, 0.05) is 6.21 Å². The summed E-state index contributed by atoms with van der Waals surface area (Å²) in [6.07, 6.45) is 43.1. The summed E-state index contributed by atoms with van der Waals surface area (Å²) in [5.41, 5.74) is 10.9. The maximum absolute atomic E-state index is 11.4. The van der Waals surface area contributed by atoms with Gasteiger partial charge in [0.05, 0.1) is 17.1 Å². The van der Waals surface area contributed by atoms with Crippen LogP contribution in [0.1, 0.15) is 249 Å². The van der Waals surface area contributed by atoms with E-state index in [2.05, 4.69) is 77.2 Å². The summed E-state index contributed by atoms with van der Waals surface area (Å²) < 4.78 is 0. The van der Waals surface area contributed by atoms with E-state index in [1.165, 1.54) is 182 Å². The molecular weight excluding hydrogens is 827 g/mol. The number of hydrogen-bond acceptors (Lipinski definition) is 4. The summed E-state index contributed by atoms with van der Waals surface area (Å²) in [6, 6.07) is 16.9. The molecule has 0 N–H and O–H groups in total. The average molecular weight is 922 g/mol. The standard InChI is InChI=1S/C48H80N2.C11H16O2.Ni/c1-6-11-12-13-14-15-16-17-18-19-20-21-22-23-24-25-26-27-28-29-34-48(50-47-38-36-43(31-8-3)45(40-47)33-10-5)41-49-46-37-35-42(30-7-2)44(39-46)32-9-4;1-3-5-9-8(4-2)6-7-10(12)11(9)13;/h35-41H,6-34H2,1-5H3;6-7,12-13H,3-5H2,1-2H3;/q;;+2/p-2. The van der Waals surface area contributed by atoms with E-state index >= 15 is 0 Å². The van der Waals surface area contributed by atoms with Crippen LogP contribution in [0, 0.1) is 0 Å². The van der Waals surface area contributed by atoms with Crippen molar-refractivity contribution >= 4 is 23.3 Å². The zero-order chi connectivity index (χ0) is 45.8. The van der Waals surface area contributed by atoms with Crippen molar-refractivity contribution in [3.05, 3.63) is 81.9 Å². The van der Waals surface area contributed by atoms with Crippen LogP contribution in [-0.2, 0) is 55.0 Å². The van der Waals surface area contributed by atoms with Crippen molar-refractivity contribution in [2.75, 3.05) is 0 Å². The van der Waals surface area contributed by atoms with Crippen molar-refractivity contribution in [3.63, 3.8) is 0 Å². The van der Waals surface area contributed by atoms with Crippen LogP contribution in [0.4, 0.5) is 11.4 Å². The third-order valence-corrected chi connectivity index (χ3v) is 12.6. The topological polar surface area (TPSA) is 70.8 Å². The minimum absolute atomic E-state index is 0. The van der Waals surface area contributed by atoms with Crippen molar-refractivity contribution < 1.29 is 26.7 Å². The molecule has 0 aliphatic carbocycles. The fourth-order valence-corrected chi connectivity index (χ4v) is 8.93. The smallest absolute Gasteiger partial charge is 0.873 e. The van der Waals surface area contributed by atoms with E-state index in [1.54, 1.807) is 6.07 Å². The first-order chi connectivity index (χ1) is 30.8. The van der Waals surface area contributed by atoms with Crippen molar-refractivity contribution in [2.24, 2.45) is 9.98 Å². The predicted molar refractivity (Wildman–Crippen MR) is 275 cm³/mol. The molecule has 0 spiro atoms. The van der Waals surface area contributed by atoms with Crippen LogP contribution in [-0.4, -0.2) is 11.9 Å². The summed E-state index contributed by atoms with van der Waals surface area (Å²) in [5, 5.41) is 22.5. The Morgan fingerprint density at radius 1 is 0.422 bits per heavy atom. The van der Waals surface area contributed by atoms with Gasteiger partial charge < -0.3 is 10.2 Å². The molecule has 0 bridgehead atoms. The molecule has 3 rings (SSSR count). The predicted octanol–water partition coefficient (Wildman–Crippen LogP) is 17.5. The van der Waals surface area contributed by atoms with E-state index in [9.17, 15) is 10.2 Å². The van der Waals surface area contributed by atoms with Crippen LogP contribution in [0.3, 0.4) is 0 Å². The number of benzene rings is 3. The zero-order valence-electron chi connectivity index (χ0n) is 42.4. The van der Waals surface area contributed by atoms with Gasteiger partial charge in [0.25, 0.3) is 0 Å². The van der Waals surface area contributed by atoms with Gasteiger partial charge in [-0.2, -0.15) is 0 Å². The summed E-state index contributed by atoms with van der Waals surface area (Å²) in [6.45, 7) is 15.4. The molecule has 0 saturated heterocycles. The SMILES string of the molecule is CCCCCCCCCCCCCCCCCCCCCCC(C=Nc1ccc(CCC)c(CCC)c1)=Nc1ccc(CCC)c(CCC)c1.CCCc1c(CC)ccc([O-])c1[O-].[Ni+2]. The minimum Gasteiger partial charge on any atom is -0.873 e. The van der Waals surface area contributed by atoms with Gasteiger partial charge in [0.15, 0.2) is 0 Å². The van der Waals surface area contributed by atoms with Crippen LogP contribution >= 0.6 is 0 Å². The molecule has 0 aromatic heterocycles. The fraction of sp³-hybridized carbons (Fsp3) is 0.661. The first-order valence-corrected chi connectivity index (χ1v) is 26.7. The number of rotatable bonds is 35. The first kappa shape index (κ1) is 59.1. The summed E-state index contributed by atoms with van der Waals surface area (Å²) in [5.74, 6) is -0.679. The molecule has 0 saturated carbocycles. The Hall–Kier alpha value is -2.91. The van der Waals surface area contributed by atoms with Crippen molar-refractivity contribution in [2.45, 2.75) is 254 Å². The second-order valence-corrected chi connectivity index (χ2v) is 18.4. The Bertz CT molecular complexity index is 1660. The third-order valence-electron chi connectivity index (χ3n) is 12.6. The number of nitrogens with zero attached hydrogens (tertiary/aromatic N) is 2. The molecule has 0 aliphatic rings. The second kappa shape index (κ2) is 39.3. The van der Waals surface area contributed by atoms with Crippen LogP contribution in [0.15, 0.2) is 58.5 Å². The summed E-state index contributed by atoms with van der Waals surface area (Å²) >= 11 is 0. The van der Waals surface area contributed by atoms with Gasteiger partial charge in [-0.25, -0.2) is 0 Å². The minimum atomic E-state index is -0.374. The van der Waals surface area contributed by atoms with E-state index in [1.807, 2.05) is 13.8 Å². The normalized spacial score (nSPS) is 11.5. The van der Waals surface area contributed by atoms with Crippen LogP contribution in [0.5, 0.6) is 11.5 Å². The van der Waals surface area contributed by atoms with Gasteiger partial charge in [-0.15, -0.1) is 11.5 Å². The Morgan fingerprint density at radius 2 is 0.812 bits per heavy atom. The molecule has 4 nitrogen and oxygen atoms in total. The van der Waals surface area contributed by atoms with E-state index < -0.39 is 0 Å². The van der Waals surface area contributed by atoms with Gasteiger partial charge in [-0.3, -0.25) is 9.98 Å². The Kier molecular flexibility index (Phi) is 36.3. The Morgan fingerprint density at radius 3 is 1.25 bits per heavy atom. The molecule has 0 unspecified atom stereocenters. The summed E-state index contributed by atoms with van der Waals surface area (Å²) in [4.78, 5) is 10.2. The number of hydrogen-bond donors (Lipinski definition) is 0. The van der Waals surface area contributed by atoms with E-state index in [0.717, 1.165) is 79.6 Å². The number of aryl methyl sites for hydroxylation is 5. The molecule has 3 aromatic rings. The van der Waals surface area contributed by atoms with Crippen LogP contribution in [0.25, 0.3) is 0 Å². The van der Waals surface area contributed by atoms with E-state index in [0.29, 0.717) is 0 Å². The van der Waals surface area contributed by atoms with Gasteiger partial charge in [-0.1, -0.05) is 232 Å². The molecule has 0 heterocycles. The van der Waals surface area contributed by atoms with Crippen LogP contribution < -0.4 is 10.2 Å². The maximum atomic E-state index is 11.4. The molecule has 0 aliphatic heterocycles. The molecule has 0 fully saturated rings. The maximum Gasteiger partial charge on any atom is 2.00 e. The van der Waals surface area contributed by atoms with Gasteiger partial charge in [0.2, 0.25) is 0 Å². The van der Waals surface area contributed by atoms with Crippen molar-refractivity contribution in [1.29, 1.82) is 0 Å². The average Bonchev–Trinajstić information content (AvgIpc) is 3.28. The molecular formula is C59H94N2NiO2. The largest absolute Gasteiger partial charge is 2.00 e. The molecule has 3 aromatic carbocycles. The van der Waals surface area contributed by atoms with Crippen molar-refractivity contribution in [3.8, 4) is 11.5 Å². The first-order valence-electron chi connectivity index (χ1n) is 26.7. The van der Waals surface area contributed by atoms with Crippen molar-refractivity contribution in [1.82, 2.24) is 0 Å². The molecule has 0 amide bonds. The van der Waals surface area contributed by atoms with Crippen LogP contribution in [0.2, 0.25) is 0 Å². The van der Waals surface area contributed by atoms with Gasteiger partial charge >= 0.3 is 16.5 Å². The fourth-order valence-electron chi connectivity index (χ4n) is 8.93. The molecule has 0 radical (unpaired) electrons. The quantitative estimate of drug-likeness (QED) is 0.0335. The monoisotopic (exact) mass is 921 g/mol.